The van der Waals surface area contributed by atoms with E-state index in [4.69, 9.17) is 4.74 Å². The summed E-state index contributed by atoms with van der Waals surface area (Å²) in [5.41, 5.74) is 0. The lowest BCUT2D eigenvalue weighted by Gasteiger charge is -2.14. The Morgan fingerprint density at radius 1 is 1.46 bits per heavy atom. The molecule has 1 unspecified atom stereocenters. The van der Waals surface area contributed by atoms with Crippen molar-refractivity contribution < 1.29 is 9.53 Å². The van der Waals surface area contributed by atoms with Crippen LogP contribution < -0.4 is 10.6 Å². The number of nitrogens with one attached hydrogen (secondary N) is 2. The summed E-state index contributed by atoms with van der Waals surface area (Å²) in [6.07, 6.45) is 3.21. The van der Waals surface area contributed by atoms with Crippen LogP contribution in [0, 0.1) is 0 Å². The van der Waals surface area contributed by atoms with E-state index in [9.17, 15) is 4.79 Å². The highest BCUT2D eigenvalue weighted by atomic mass is 16.5. The van der Waals surface area contributed by atoms with Gasteiger partial charge in [-0.05, 0) is 19.3 Å². The van der Waals surface area contributed by atoms with Crippen LogP contribution in [0.2, 0.25) is 0 Å². The van der Waals surface area contributed by atoms with Crippen molar-refractivity contribution in [2.45, 2.75) is 25.3 Å². The van der Waals surface area contributed by atoms with Gasteiger partial charge in [0, 0.05) is 26.3 Å². The van der Waals surface area contributed by atoms with Crippen LogP contribution in [0.25, 0.3) is 0 Å². The van der Waals surface area contributed by atoms with Gasteiger partial charge in [-0.3, -0.25) is 4.79 Å². The maximum atomic E-state index is 10.9. The molecule has 1 atom stereocenters. The summed E-state index contributed by atoms with van der Waals surface area (Å²) in [4.78, 5) is 10.9. The molecule has 2 N–H and O–H groups in total. The summed E-state index contributed by atoms with van der Waals surface area (Å²) < 4.78 is 5.32. The summed E-state index contributed by atoms with van der Waals surface area (Å²) >= 11 is 0. The van der Waals surface area contributed by atoms with E-state index in [0.29, 0.717) is 12.6 Å². The Labute approximate surface area is 79.0 Å². The number of hydrogen-bond acceptors (Lipinski definition) is 3. The molecule has 1 rings (SSSR count). The summed E-state index contributed by atoms with van der Waals surface area (Å²) in [6, 6.07) is 0.444. The molecule has 0 spiro atoms. The first-order valence-corrected chi connectivity index (χ1v) is 4.84. The van der Waals surface area contributed by atoms with Gasteiger partial charge in [0.2, 0.25) is 5.91 Å². The lowest BCUT2D eigenvalue weighted by Crippen LogP contribution is -2.38. The van der Waals surface area contributed by atoms with Gasteiger partial charge in [0.25, 0.3) is 0 Å². The van der Waals surface area contributed by atoms with E-state index in [1.165, 1.54) is 0 Å². The number of carbonyl (C=O) groups excluding carboxylic acids is 1. The molecule has 0 aliphatic carbocycles. The van der Waals surface area contributed by atoms with Crippen LogP contribution in [0.4, 0.5) is 0 Å². The molecular formula is C9H18N2O2. The first kappa shape index (κ1) is 10.5. The van der Waals surface area contributed by atoms with Crippen molar-refractivity contribution in [2.24, 2.45) is 0 Å². The molecule has 0 bridgehead atoms. The molecule has 4 heteroatoms. The number of ether oxygens (including phenoxy) is 1. The Bertz CT molecular complexity index is 154. The molecule has 1 aliphatic heterocycles. The Kier molecular flexibility index (Phi) is 4.78. The van der Waals surface area contributed by atoms with E-state index < -0.39 is 0 Å². The van der Waals surface area contributed by atoms with E-state index in [1.54, 1.807) is 7.05 Å². The van der Waals surface area contributed by atoms with Crippen molar-refractivity contribution in [1.29, 1.82) is 0 Å². The highest BCUT2D eigenvalue weighted by molar-refractivity contribution is 5.77. The summed E-state index contributed by atoms with van der Waals surface area (Å²) in [7, 11) is 1.65. The van der Waals surface area contributed by atoms with Crippen molar-refractivity contribution in [3.8, 4) is 0 Å². The molecule has 1 aliphatic rings. The maximum absolute atomic E-state index is 10.9. The van der Waals surface area contributed by atoms with Crippen molar-refractivity contribution in [2.75, 3.05) is 26.8 Å². The second kappa shape index (κ2) is 5.94. The van der Waals surface area contributed by atoms with Gasteiger partial charge in [-0.1, -0.05) is 0 Å². The van der Waals surface area contributed by atoms with Crippen molar-refractivity contribution in [1.82, 2.24) is 10.6 Å². The van der Waals surface area contributed by atoms with E-state index >= 15 is 0 Å². The molecule has 1 heterocycles. The van der Waals surface area contributed by atoms with Gasteiger partial charge in [0.05, 0.1) is 6.54 Å². The Hall–Kier alpha value is -0.610. The van der Waals surface area contributed by atoms with Crippen LogP contribution in [0.1, 0.15) is 19.3 Å². The maximum Gasteiger partial charge on any atom is 0.233 e. The van der Waals surface area contributed by atoms with E-state index in [-0.39, 0.29) is 5.91 Å². The second-order valence-corrected chi connectivity index (χ2v) is 3.29. The molecule has 0 aromatic carbocycles. The monoisotopic (exact) mass is 186 g/mol. The molecule has 0 aromatic rings. The Morgan fingerprint density at radius 2 is 2.31 bits per heavy atom. The Morgan fingerprint density at radius 3 is 3.08 bits per heavy atom. The smallest absolute Gasteiger partial charge is 0.233 e. The minimum absolute atomic E-state index is 0.0464. The standard InChI is InChI=1S/C9H18N2O2/c1-10-9(12)7-11-8-3-2-5-13-6-4-8/h8,11H,2-7H2,1H3,(H,10,12). The van der Waals surface area contributed by atoms with Crippen LogP contribution in [0.15, 0.2) is 0 Å². The van der Waals surface area contributed by atoms with Crippen molar-refractivity contribution in [3.63, 3.8) is 0 Å². The Balaban J connectivity index is 2.15. The van der Waals surface area contributed by atoms with Crippen LogP contribution in [-0.4, -0.2) is 38.8 Å². The molecule has 0 aromatic heterocycles. The van der Waals surface area contributed by atoms with Gasteiger partial charge in [-0.25, -0.2) is 0 Å². The number of rotatable bonds is 3. The minimum atomic E-state index is 0.0464. The van der Waals surface area contributed by atoms with Crippen LogP contribution in [0.3, 0.4) is 0 Å². The van der Waals surface area contributed by atoms with Gasteiger partial charge in [-0.15, -0.1) is 0 Å². The van der Waals surface area contributed by atoms with Crippen LogP contribution in [0.5, 0.6) is 0 Å². The zero-order valence-corrected chi connectivity index (χ0v) is 8.14. The molecule has 1 saturated heterocycles. The fourth-order valence-corrected chi connectivity index (χ4v) is 1.43. The first-order valence-electron chi connectivity index (χ1n) is 4.84. The molecule has 1 amide bonds. The lowest BCUT2D eigenvalue weighted by atomic mass is 10.1. The molecule has 13 heavy (non-hydrogen) atoms. The average Bonchev–Trinajstić information content (AvgIpc) is 2.42. The summed E-state index contributed by atoms with van der Waals surface area (Å²) in [6.45, 7) is 2.09. The predicted octanol–water partition coefficient (Wildman–Crippen LogP) is -0.109. The minimum Gasteiger partial charge on any atom is -0.381 e. The fraction of sp³-hybridized carbons (Fsp3) is 0.889. The molecule has 4 nitrogen and oxygen atoms in total. The third kappa shape index (κ3) is 4.24. The van der Waals surface area contributed by atoms with Gasteiger partial charge in [-0.2, -0.15) is 0 Å². The van der Waals surface area contributed by atoms with Gasteiger partial charge >= 0.3 is 0 Å². The van der Waals surface area contributed by atoms with E-state index in [0.717, 1.165) is 32.5 Å². The molecule has 0 radical (unpaired) electrons. The fourth-order valence-electron chi connectivity index (χ4n) is 1.43. The van der Waals surface area contributed by atoms with Crippen molar-refractivity contribution >= 4 is 5.91 Å². The molecular weight excluding hydrogens is 168 g/mol. The van der Waals surface area contributed by atoms with E-state index in [1.807, 2.05) is 0 Å². The molecule has 1 fully saturated rings. The highest BCUT2D eigenvalue weighted by Crippen LogP contribution is 2.07. The summed E-state index contributed by atoms with van der Waals surface area (Å²) in [5.74, 6) is 0.0464. The zero-order valence-electron chi connectivity index (χ0n) is 8.14. The third-order valence-electron chi connectivity index (χ3n) is 2.28. The van der Waals surface area contributed by atoms with Crippen molar-refractivity contribution in [3.05, 3.63) is 0 Å². The first-order chi connectivity index (χ1) is 6.33. The van der Waals surface area contributed by atoms with Crippen LogP contribution >= 0.6 is 0 Å². The zero-order chi connectivity index (χ0) is 9.52. The van der Waals surface area contributed by atoms with Gasteiger partial charge in [0.15, 0.2) is 0 Å². The molecule has 0 saturated carbocycles. The summed E-state index contributed by atoms with van der Waals surface area (Å²) in [5, 5.41) is 5.81. The number of hydrogen-bond donors (Lipinski definition) is 2. The lowest BCUT2D eigenvalue weighted by molar-refractivity contribution is -0.119. The topological polar surface area (TPSA) is 50.4 Å². The van der Waals surface area contributed by atoms with Crippen LogP contribution in [-0.2, 0) is 9.53 Å². The van der Waals surface area contributed by atoms with Gasteiger partial charge < -0.3 is 15.4 Å². The number of likely N-dealkylation sites (N-methyl/N-ethyl adjacent to an activating group) is 1. The second-order valence-electron chi connectivity index (χ2n) is 3.29. The number of amides is 1. The van der Waals surface area contributed by atoms with Gasteiger partial charge in [0.1, 0.15) is 0 Å². The SMILES string of the molecule is CNC(=O)CNC1CCCOCC1. The predicted molar refractivity (Wildman–Crippen MR) is 50.5 cm³/mol. The average molecular weight is 186 g/mol. The number of carbonyl (C=O) groups is 1. The third-order valence-corrected chi connectivity index (χ3v) is 2.28. The van der Waals surface area contributed by atoms with E-state index in [2.05, 4.69) is 10.6 Å². The highest BCUT2D eigenvalue weighted by Gasteiger charge is 2.12. The normalized spacial score (nSPS) is 23.6. The quantitative estimate of drug-likeness (QED) is 0.646. The molecule has 76 valence electrons. The largest absolute Gasteiger partial charge is 0.381 e.